The number of rotatable bonds is 19. The molecule has 0 aliphatic rings. The Morgan fingerprint density at radius 1 is 0.905 bits per heavy atom. The minimum absolute atomic E-state index is 0.0770. The van der Waals surface area contributed by atoms with Crippen LogP contribution in [0.1, 0.15) is 99.8 Å². The van der Waals surface area contributed by atoms with Gasteiger partial charge in [-0.2, -0.15) is 0 Å². The number of nitrogens with zero attached hydrogens (tertiary/aromatic N) is 2. The lowest BCUT2D eigenvalue weighted by molar-refractivity contribution is -0.929. The van der Waals surface area contributed by atoms with Crippen LogP contribution in [0.5, 0.6) is 5.75 Å². The molecule has 244 valence electrons. The number of hydrogen-bond donors (Lipinski definition) is 0. The van der Waals surface area contributed by atoms with Crippen LogP contribution in [0, 0.1) is 3.57 Å². The van der Waals surface area contributed by atoms with Gasteiger partial charge in [0.2, 0.25) is 0 Å². The Labute approximate surface area is 270 Å². The van der Waals surface area contributed by atoms with Crippen molar-refractivity contribution in [3.63, 3.8) is 0 Å². The number of amides is 1. The van der Waals surface area contributed by atoms with Crippen LogP contribution in [0.3, 0.4) is 0 Å². The van der Waals surface area contributed by atoms with Gasteiger partial charge in [0.05, 0.1) is 32.7 Å². The molecule has 0 radical (unpaired) electrons. The predicted octanol–water partition coefficient (Wildman–Crippen LogP) is 7.97. The molecule has 1 amide bonds. The Kier molecular flexibility index (Phi) is 21.5. The van der Waals surface area contributed by atoms with E-state index in [2.05, 4.69) is 50.3 Å². The van der Waals surface area contributed by atoms with Crippen LogP contribution in [0.2, 0.25) is 0 Å². The number of quaternary nitrogens is 1. The zero-order chi connectivity index (χ0) is 32.1. The first kappa shape index (κ1) is 40.6. The van der Waals surface area contributed by atoms with Gasteiger partial charge in [0.1, 0.15) is 28.1 Å². The largest absolute Gasteiger partial charge is 0.744 e. The molecule has 1 rings (SSSR count). The third kappa shape index (κ3) is 21.3. The Balaban J connectivity index is 0.000000865. The van der Waals surface area contributed by atoms with E-state index < -0.39 is 21.8 Å². The van der Waals surface area contributed by atoms with Crippen molar-refractivity contribution in [2.75, 3.05) is 45.9 Å². The number of carbonyl (C=O) groups is 1. The van der Waals surface area contributed by atoms with E-state index >= 15 is 0 Å². The van der Waals surface area contributed by atoms with E-state index in [0.29, 0.717) is 11.2 Å². The van der Waals surface area contributed by atoms with Gasteiger partial charge in [0.15, 0.2) is 0 Å². The van der Waals surface area contributed by atoms with Crippen molar-refractivity contribution < 1.29 is 31.7 Å². The van der Waals surface area contributed by atoms with Crippen molar-refractivity contribution in [2.24, 2.45) is 0 Å². The topological polar surface area (TPSA) is 96.0 Å². The molecule has 0 spiro atoms. The molecule has 10 heteroatoms. The van der Waals surface area contributed by atoms with Gasteiger partial charge in [-0.25, -0.2) is 13.2 Å². The second-order valence-corrected chi connectivity index (χ2v) is 14.2. The maximum atomic E-state index is 12.2. The van der Waals surface area contributed by atoms with Crippen molar-refractivity contribution in [1.82, 2.24) is 4.90 Å². The fourth-order valence-electron chi connectivity index (χ4n) is 4.32. The van der Waals surface area contributed by atoms with Crippen molar-refractivity contribution in [2.45, 2.75) is 105 Å². The molecule has 0 atom stereocenters. The number of ether oxygens (including phenoxy) is 2. The van der Waals surface area contributed by atoms with Crippen LogP contribution in [0.15, 0.2) is 35.7 Å². The average molecular weight is 725 g/mol. The van der Waals surface area contributed by atoms with Crippen LogP contribution in [0.4, 0.5) is 4.79 Å². The summed E-state index contributed by atoms with van der Waals surface area (Å²) in [5.74, 6) is 0.655. The van der Waals surface area contributed by atoms with E-state index in [4.69, 9.17) is 9.47 Å². The van der Waals surface area contributed by atoms with Crippen molar-refractivity contribution >= 4 is 38.8 Å². The molecule has 0 aliphatic carbocycles. The second kappa shape index (κ2) is 22.2. The monoisotopic (exact) mass is 724 g/mol. The zero-order valence-electron chi connectivity index (χ0n) is 27.2. The molecule has 0 N–H and O–H groups in total. The van der Waals surface area contributed by atoms with Crippen LogP contribution in [0.25, 0.3) is 0 Å². The van der Waals surface area contributed by atoms with E-state index in [-0.39, 0.29) is 19.7 Å². The third-order valence-corrected chi connectivity index (χ3v) is 7.87. The summed E-state index contributed by atoms with van der Waals surface area (Å²) >= 11 is 2.18. The van der Waals surface area contributed by atoms with Crippen LogP contribution in [-0.2, 0) is 14.9 Å². The zero-order valence-corrected chi connectivity index (χ0v) is 30.2. The summed E-state index contributed by atoms with van der Waals surface area (Å²) in [6.07, 6.45) is 11.6. The summed E-state index contributed by atoms with van der Waals surface area (Å²) < 4.78 is 45.2. The summed E-state index contributed by atoms with van der Waals surface area (Å²) in [7, 11) is -4.49. The molecule has 0 saturated heterocycles. The van der Waals surface area contributed by atoms with E-state index in [0.717, 1.165) is 9.65 Å². The van der Waals surface area contributed by atoms with Crippen LogP contribution >= 0.6 is 22.6 Å². The first-order valence-electron chi connectivity index (χ1n) is 15.5. The van der Waals surface area contributed by atoms with Gasteiger partial charge in [-0.1, -0.05) is 59.5 Å². The fourth-order valence-corrected chi connectivity index (χ4v) is 5.00. The molecule has 0 saturated carbocycles. The average Bonchev–Trinajstić information content (AvgIpc) is 2.91. The van der Waals surface area contributed by atoms with E-state index in [1.807, 2.05) is 24.3 Å². The van der Waals surface area contributed by atoms with Crippen molar-refractivity contribution in [3.05, 3.63) is 39.3 Å². The van der Waals surface area contributed by atoms with E-state index in [1.165, 1.54) is 86.9 Å². The predicted molar refractivity (Wildman–Crippen MR) is 181 cm³/mol. The van der Waals surface area contributed by atoms with Gasteiger partial charge < -0.3 is 23.4 Å². The highest BCUT2D eigenvalue weighted by Crippen LogP contribution is 2.17. The van der Waals surface area contributed by atoms with Crippen LogP contribution < -0.4 is 4.74 Å². The minimum atomic E-state index is -4.49. The lowest BCUT2D eigenvalue weighted by Gasteiger charge is -2.39. The molecule has 0 bridgehead atoms. The van der Waals surface area contributed by atoms with E-state index in [9.17, 15) is 17.8 Å². The highest BCUT2D eigenvalue weighted by molar-refractivity contribution is 14.1. The number of carbonyl (C=O) groups excluding carboxylic acids is 1. The summed E-state index contributed by atoms with van der Waals surface area (Å²) in [6.45, 7) is 20.5. The molecule has 0 fully saturated rings. The quantitative estimate of drug-likeness (QED) is 0.0817. The highest BCUT2D eigenvalue weighted by atomic mass is 127. The van der Waals surface area contributed by atoms with Gasteiger partial charge in [0.25, 0.3) is 0 Å². The first-order chi connectivity index (χ1) is 19.7. The smallest absolute Gasteiger partial charge is 0.410 e. The van der Waals surface area contributed by atoms with E-state index in [1.54, 1.807) is 20.8 Å². The van der Waals surface area contributed by atoms with Crippen molar-refractivity contribution in [3.8, 4) is 5.75 Å². The summed E-state index contributed by atoms with van der Waals surface area (Å²) in [6, 6.07) is 7.40. The fraction of sp³-hybridized carbons (Fsp3) is 0.719. The Morgan fingerprint density at radius 2 is 1.36 bits per heavy atom. The lowest BCUT2D eigenvalue weighted by Crippen LogP contribution is -2.50. The molecule has 42 heavy (non-hydrogen) atoms. The second-order valence-electron chi connectivity index (χ2n) is 11.7. The molecule has 1 aromatic carbocycles. The normalized spacial score (nSPS) is 12.1. The van der Waals surface area contributed by atoms with Gasteiger partial charge in [-0.3, -0.25) is 0 Å². The molecule has 0 unspecified atom stereocenters. The minimum Gasteiger partial charge on any atom is -0.744 e. The third-order valence-electron chi connectivity index (χ3n) is 6.63. The first-order valence-corrected chi connectivity index (χ1v) is 18.1. The molecule has 1 aromatic rings. The van der Waals surface area contributed by atoms with Gasteiger partial charge in [0, 0.05) is 15.5 Å². The number of halogens is 1. The molecular weight excluding hydrogens is 667 g/mol. The molecular formula is C32H57IN2O6S. The standard InChI is InChI=1S/C16H22INO6S.C16H36N/c1-16(2,3)24-15(19)18(9-4-12-25(20,21)22)10-11-23-14-7-5-13(17)6-8-14;1-5-9-13-17(14-10-6-2,15-11-7-3)16-12-8-4/h4-8,12H,9-11H2,1-3H3,(H,20,21,22);5-16H2,1-4H3/q;+1/p-1. The maximum absolute atomic E-state index is 12.2. The summed E-state index contributed by atoms with van der Waals surface area (Å²) in [4.78, 5) is 13.5. The number of unbranched alkanes of at least 4 members (excludes halogenated alkanes) is 4. The number of benzene rings is 1. The maximum Gasteiger partial charge on any atom is 0.410 e. The van der Waals surface area contributed by atoms with Gasteiger partial charge in [-0.05, 0) is 93.3 Å². The Hall–Kier alpha value is -1.37. The van der Waals surface area contributed by atoms with Crippen LogP contribution in [-0.4, -0.2) is 79.9 Å². The van der Waals surface area contributed by atoms with Crippen molar-refractivity contribution in [1.29, 1.82) is 0 Å². The van der Waals surface area contributed by atoms with Gasteiger partial charge >= 0.3 is 6.09 Å². The molecule has 0 aromatic heterocycles. The molecule has 0 heterocycles. The Morgan fingerprint density at radius 3 is 1.74 bits per heavy atom. The highest BCUT2D eigenvalue weighted by Gasteiger charge is 2.25. The summed E-state index contributed by atoms with van der Waals surface area (Å²) in [5.41, 5.74) is -0.694. The summed E-state index contributed by atoms with van der Waals surface area (Å²) in [5, 5.41) is 0.518. The molecule has 0 aliphatic heterocycles. The molecule has 8 nitrogen and oxygen atoms in total. The SMILES string of the molecule is CC(C)(C)OC(=O)N(CC=CS(=O)(=O)[O-])CCOc1ccc(I)cc1.CCCC[N+](CCCC)(CCCC)CCCC. The van der Waals surface area contributed by atoms with Gasteiger partial charge in [-0.15, -0.1) is 0 Å². The lowest BCUT2D eigenvalue weighted by atomic mass is 10.1. The number of hydrogen-bond acceptors (Lipinski definition) is 6. The Bertz CT molecular complexity index is 940.